The summed E-state index contributed by atoms with van der Waals surface area (Å²) in [5.41, 5.74) is 0. The minimum absolute atomic E-state index is 1.05. The van der Waals surface area contributed by atoms with E-state index in [0.29, 0.717) is 0 Å². The molecule has 0 unspecified atom stereocenters. The summed E-state index contributed by atoms with van der Waals surface area (Å²) in [5.74, 6) is 0. The summed E-state index contributed by atoms with van der Waals surface area (Å²) in [7, 11) is -1.05. The van der Waals surface area contributed by atoms with E-state index in [0.717, 1.165) is 0 Å². The largest absolute Gasteiger partial charge is 0.387 e. The average molecular weight is 226 g/mol. The van der Waals surface area contributed by atoms with Crippen molar-refractivity contribution in [1.29, 1.82) is 0 Å². The van der Waals surface area contributed by atoms with E-state index >= 15 is 0 Å². The highest BCUT2D eigenvalue weighted by atomic mass is 31.1. The van der Waals surface area contributed by atoms with Crippen LogP contribution in [0.5, 0.6) is 0 Å². The van der Waals surface area contributed by atoms with E-state index in [4.69, 9.17) is 15.3 Å². The van der Waals surface area contributed by atoms with E-state index in [9.17, 15) is 19.9 Å². The van der Waals surface area contributed by atoms with Crippen molar-refractivity contribution in [2.45, 2.75) is 35.9 Å². The predicted molar refractivity (Wildman–Crippen MR) is 42.6 cm³/mol. The number of hydrogen-bond acceptors (Lipinski definition) is 7. The van der Waals surface area contributed by atoms with Gasteiger partial charge in [0, 0.05) is 0 Å². The lowest BCUT2D eigenvalue weighted by Crippen LogP contribution is -2.68. The van der Waals surface area contributed by atoms with Gasteiger partial charge in [0.05, 0.1) is 0 Å². The molecule has 0 aliphatic heterocycles. The van der Waals surface area contributed by atoms with E-state index in [1.165, 1.54) is 0 Å². The number of rotatable bonds is 1. The molecule has 0 bridgehead atoms. The molecular formula is C6H11O7P. The van der Waals surface area contributed by atoms with Crippen LogP contribution in [-0.2, 0) is 4.57 Å². The van der Waals surface area contributed by atoms with Gasteiger partial charge in [-0.25, -0.2) is 0 Å². The molecule has 14 heavy (non-hydrogen) atoms. The molecule has 8 heteroatoms. The number of hydrogen-bond donors (Lipinski definition) is 6. The molecule has 0 spiro atoms. The highest BCUT2D eigenvalue weighted by Gasteiger charge is 2.58. The maximum absolute atomic E-state index is 10.5. The zero-order chi connectivity index (χ0) is 11.1. The fourth-order valence-electron chi connectivity index (χ4n) is 1.36. The monoisotopic (exact) mass is 226 g/mol. The molecular weight excluding hydrogens is 215 g/mol. The molecule has 1 aliphatic carbocycles. The highest BCUT2D eigenvalue weighted by molar-refractivity contribution is 7.25. The van der Waals surface area contributed by atoms with Crippen LogP contribution < -0.4 is 0 Å². The molecule has 0 aromatic heterocycles. The number of aliphatic hydroxyl groups is 6. The Kier molecular flexibility index (Phi) is 3.23. The summed E-state index contributed by atoms with van der Waals surface area (Å²) in [5, 5.41) is 52.6. The van der Waals surface area contributed by atoms with Gasteiger partial charge in [0.25, 0.3) is 0 Å². The zero-order valence-corrected chi connectivity index (χ0v) is 7.82. The van der Waals surface area contributed by atoms with Crippen molar-refractivity contribution in [1.82, 2.24) is 0 Å². The first-order valence-corrected chi connectivity index (χ1v) is 4.64. The standard InChI is InChI=1S/C6H11O7P/c7-1-2(8)4(10)6(12,14-13)5(11)3(1)9/h1-5,7-12H/t1-,2-,3+,4-,5-,6-/m1/s1. The topological polar surface area (TPSA) is 138 Å². The van der Waals surface area contributed by atoms with Crippen LogP contribution in [0.3, 0.4) is 0 Å². The van der Waals surface area contributed by atoms with Gasteiger partial charge in [0.1, 0.15) is 30.5 Å². The predicted octanol–water partition coefficient (Wildman–Crippen LogP) is -3.22. The Bertz CT molecular complexity index is 218. The van der Waals surface area contributed by atoms with E-state index in [1.54, 1.807) is 0 Å². The summed E-state index contributed by atoms with van der Waals surface area (Å²) >= 11 is 0. The first-order chi connectivity index (χ1) is 6.36. The quantitative estimate of drug-likeness (QED) is 0.259. The van der Waals surface area contributed by atoms with Crippen molar-refractivity contribution in [3.8, 4) is 0 Å². The second kappa shape index (κ2) is 3.79. The van der Waals surface area contributed by atoms with Crippen LogP contribution in [0.4, 0.5) is 0 Å². The molecule has 7 nitrogen and oxygen atoms in total. The molecule has 0 aromatic rings. The first kappa shape index (κ1) is 11.9. The maximum atomic E-state index is 10.5. The fraction of sp³-hybridized carbons (Fsp3) is 1.00. The summed E-state index contributed by atoms with van der Waals surface area (Å²) in [6.07, 6.45) is -9.56. The van der Waals surface area contributed by atoms with Gasteiger partial charge in [-0.1, -0.05) is 0 Å². The van der Waals surface area contributed by atoms with Gasteiger partial charge in [0.2, 0.25) is 5.34 Å². The van der Waals surface area contributed by atoms with E-state index in [1.807, 2.05) is 0 Å². The minimum atomic E-state index is -2.57. The summed E-state index contributed by atoms with van der Waals surface area (Å²) in [4.78, 5) is 0. The van der Waals surface area contributed by atoms with E-state index in [2.05, 4.69) is 0 Å². The second-order valence-electron chi connectivity index (χ2n) is 3.24. The highest BCUT2D eigenvalue weighted by Crippen LogP contribution is 2.37. The molecule has 0 aromatic carbocycles. The van der Waals surface area contributed by atoms with Crippen LogP contribution in [0, 0.1) is 0 Å². The minimum Gasteiger partial charge on any atom is -0.387 e. The van der Waals surface area contributed by atoms with Crippen LogP contribution in [0.15, 0.2) is 0 Å². The van der Waals surface area contributed by atoms with Crippen molar-refractivity contribution in [2.24, 2.45) is 0 Å². The van der Waals surface area contributed by atoms with Crippen molar-refractivity contribution in [3.05, 3.63) is 0 Å². The van der Waals surface area contributed by atoms with Gasteiger partial charge in [0.15, 0.2) is 8.46 Å². The average Bonchev–Trinajstić information content (AvgIpc) is 2.21. The van der Waals surface area contributed by atoms with Crippen LogP contribution >= 0.6 is 8.46 Å². The van der Waals surface area contributed by atoms with Crippen molar-refractivity contribution < 1.29 is 35.2 Å². The van der Waals surface area contributed by atoms with Gasteiger partial charge in [-0.05, 0) is 0 Å². The fourth-order valence-corrected chi connectivity index (χ4v) is 1.88. The lowest BCUT2D eigenvalue weighted by Gasteiger charge is -2.43. The Balaban J connectivity index is 3.04. The maximum Gasteiger partial charge on any atom is 0.201 e. The van der Waals surface area contributed by atoms with Crippen LogP contribution in [-0.4, -0.2) is 66.5 Å². The van der Waals surface area contributed by atoms with Crippen LogP contribution in [0.2, 0.25) is 0 Å². The molecule has 82 valence electrons. The molecule has 0 saturated heterocycles. The van der Waals surface area contributed by atoms with Gasteiger partial charge in [-0.2, -0.15) is 0 Å². The third kappa shape index (κ3) is 1.47. The van der Waals surface area contributed by atoms with E-state index < -0.39 is 44.3 Å². The third-order valence-corrected chi connectivity index (χ3v) is 3.19. The Morgan fingerprint density at radius 3 is 1.50 bits per heavy atom. The summed E-state index contributed by atoms with van der Waals surface area (Å²) < 4.78 is 10.5. The Hall–Kier alpha value is -0.140. The van der Waals surface area contributed by atoms with Gasteiger partial charge >= 0.3 is 0 Å². The molecule has 6 N–H and O–H groups in total. The van der Waals surface area contributed by atoms with Gasteiger partial charge in [-0.3, -0.25) is 4.57 Å². The van der Waals surface area contributed by atoms with Crippen molar-refractivity contribution >= 4 is 8.46 Å². The molecule has 0 amide bonds. The van der Waals surface area contributed by atoms with Crippen molar-refractivity contribution in [2.75, 3.05) is 0 Å². The first-order valence-electron chi connectivity index (χ1n) is 3.83. The molecule has 0 heterocycles. The molecule has 1 rings (SSSR count). The van der Waals surface area contributed by atoms with Crippen molar-refractivity contribution in [3.63, 3.8) is 0 Å². The SMILES string of the molecule is O=P[C@]1(O)[C@H](O)[C@H](O)[C@@H](O)[C@H](O)[C@H]1O. The molecule has 1 fully saturated rings. The Morgan fingerprint density at radius 1 is 0.857 bits per heavy atom. The normalized spacial score (nSPS) is 54.9. The summed E-state index contributed by atoms with van der Waals surface area (Å²) in [6, 6.07) is 0. The lowest BCUT2D eigenvalue weighted by molar-refractivity contribution is -0.237. The van der Waals surface area contributed by atoms with Gasteiger partial charge < -0.3 is 30.6 Å². The van der Waals surface area contributed by atoms with Crippen LogP contribution in [0.25, 0.3) is 0 Å². The Labute approximate surface area is 80.4 Å². The van der Waals surface area contributed by atoms with Crippen LogP contribution in [0.1, 0.15) is 0 Å². The second-order valence-corrected chi connectivity index (χ2v) is 4.13. The van der Waals surface area contributed by atoms with Gasteiger partial charge in [-0.15, -0.1) is 0 Å². The zero-order valence-electron chi connectivity index (χ0n) is 6.93. The Morgan fingerprint density at radius 2 is 1.21 bits per heavy atom. The van der Waals surface area contributed by atoms with E-state index in [-0.39, 0.29) is 0 Å². The molecule has 6 atom stereocenters. The smallest absolute Gasteiger partial charge is 0.201 e. The lowest BCUT2D eigenvalue weighted by atomic mass is 9.84. The molecule has 1 saturated carbocycles. The third-order valence-electron chi connectivity index (χ3n) is 2.36. The molecule has 0 radical (unpaired) electrons. The summed E-state index contributed by atoms with van der Waals surface area (Å²) in [6.45, 7) is 0. The molecule has 1 aliphatic rings. The number of aliphatic hydroxyl groups excluding tert-OH is 5.